The van der Waals surface area contributed by atoms with Crippen molar-refractivity contribution >= 4 is 22.4 Å². The van der Waals surface area contributed by atoms with E-state index in [0.717, 1.165) is 55.3 Å². The molecule has 0 saturated carbocycles. The highest BCUT2D eigenvalue weighted by molar-refractivity contribution is 6.10. The maximum absolute atomic E-state index is 13.6. The van der Waals surface area contributed by atoms with Gasteiger partial charge in [-0.25, -0.2) is 0 Å². The van der Waals surface area contributed by atoms with Gasteiger partial charge in [-0.1, -0.05) is 103 Å². The molecule has 0 heterocycles. The van der Waals surface area contributed by atoms with Gasteiger partial charge < -0.3 is 20.6 Å². The van der Waals surface area contributed by atoms with E-state index in [0.29, 0.717) is 5.69 Å². The average Bonchev–Trinajstić information content (AvgIpc) is 3.39. The van der Waals surface area contributed by atoms with Crippen molar-refractivity contribution in [1.29, 1.82) is 0 Å². The average molecular weight is 612 g/mol. The zero-order valence-corrected chi connectivity index (χ0v) is 25.2. The first-order chi connectivity index (χ1) is 22.9. The maximum Gasteiger partial charge on any atom is 0.259 e. The number of phenolic OH excluding ortho intramolecular Hbond substituents is 3. The van der Waals surface area contributed by atoms with Crippen molar-refractivity contribution < 1.29 is 20.1 Å². The van der Waals surface area contributed by atoms with Crippen LogP contribution in [-0.2, 0) is 5.41 Å². The molecule has 0 radical (unpaired) electrons. The van der Waals surface area contributed by atoms with Crippen LogP contribution >= 0.6 is 0 Å². The fraction of sp³-hybridized carbons (Fsp3) is 0.0238. The van der Waals surface area contributed by atoms with Crippen LogP contribution in [0.4, 0.5) is 5.69 Å². The van der Waals surface area contributed by atoms with Crippen LogP contribution in [0, 0.1) is 0 Å². The minimum atomic E-state index is -0.701. The van der Waals surface area contributed by atoms with Crippen LogP contribution in [0.25, 0.3) is 33.0 Å². The van der Waals surface area contributed by atoms with Crippen LogP contribution in [0.15, 0.2) is 152 Å². The number of hydrogen-bond acceptors (Lipinski definition) is 4. The van der Waals surface area contributed by atoms with Gasteiger partial charge in [-0.15, -0.1) is 0 Å². The molecule has 226 valence electrons. The quantitative estimate of drug-likeness (QED) is 0.156. The molecule has 0 aliphatic heterocycles. The van der Waals surface area contributed by atoms with Gasteiger partial charge in [-0.05, 0) is 98.2 Å². The number of carbonyl (C=O) groups excluding carboxylic acids is 1. The highest BCUT2D eigenvalue weighted by atomic mass is 16.3. The molecule has 0 aromatic heterocycles. The van der Waals surface area contributed by atoms with Gasteiger partial charge in [0.1, 0.15) is 17.2 Å². The molecule has 4 N–H and O–H groups in total. The Labute approximate surface area is 271 Å². The molecule has 7 aromatic carbocycles. The van der Waals surface area contributed by atoms with Crippen LogP contribution in [0.1, 0.15) is 32.6 Å². The summed E-state index contributed by atoms with van der Waals surface area (Å²) in [5.41, 5.74) is 8.16. The predicted octanol–water partition coefficient (Wildman–Crippen LogP) is 9.24. The summed E-state index contributed by atoms with van der Waals surface area (Å²) in [7, 11) is 0. The molecule has 1 aliphatic carbocycles. The van der Waals surface area contributed by atoms with Gasteiger partial charge in [0, 0.05) is 11.3 Å². The van der Waals surface area contributed by atoms with Crippen molar-refractivity contribution in [2.45, 2.75) is 5.41 Å². The standard InChI is InChI=1S/C42H29NO4/c44-31-18-14-29(15-19-31)42(30-16-20-32(45)21-17-30)37-11-5-3-10-34(37)35-24-28(13-22-38(35)42)33-9-4-6-12-39(33)43-41(47)36-23-26-7-1-2-8-27(26)25-40(36)46/h1-25,44-46H,(H,43,47). The normalized spacial score (nSPS) is 12.8. The lowest BCUT2D eigenvalue weighted by Crippen LogP contribution is -2.28. The first-order valence-electron chi connectivity index (χ1n) is 15.4. The third-order valence-corrected chi connectivity index (χ3v) is 9.24. The van der Waals surface area contributed by atoms with E-state index < -0.39 is 11.3 Å². The number of rotatable bonds is 5. The Hall–Kier alpha value is -6.33. The van der Waals surface area contributed by atoms with Gasteiger partial charge in [-0.3, -0.25) is 4.79 Å². The first kappa shape index (κ1) is 28.2. The maximum atomic E-state index is 13.6. The summed E-state index contributed by atoms with van der Waals surface area (Å²) in [5, 5.41) is 35.9. The van der Waals surface area contributed by atoms with E-state index in [2.05, 4.69) is 35.6 Å². The zero-order valence-electron chi connectivity index (χ0n) is 25.2. The smallest absolute Gasteiger partial charge is 0.259 e. The summed E-state index contributed by atoms with van der Waals surface area (Å²) in [4.78, 5) is 13.6. The number of aromatic hydroxyl groups is 3. The minimum absolute atomic E-state index is 0.0763. The molecular weight excluding hydrogens is 582 g/mol. The van der Waals surface area contributed by atoms with Crippen LogP contribution < -0.4 is 5.32 Å². The molecule has 0 spiro atoms. The number of hydrogen-bond donors (Lipinski definition) is 4. The van der Waals surface area contributed by atoms with Gasteiger partial charge in [0.2, 0.25) is 0 Å². The molecule has 0 unspecified atom stereocenters. The lowest BCUT2D eigenvalue weighted by atomic mass is 9.67. The number of amides is 1. The summed E-state index contributed by atoms with van der Waals surface area (Å²) in [5.74, 6) is -0.0993. The molecule has 0 bridgehead atoms. The van der Waals surface area contributed by atoms with Gasteiger partial charge in [0.25, 0.3) is 5.91 Å². The molecule has 7 aromatic rings. The van der Waals surface area contributed by atoms with E-state index in [1.165, 1.54) is 0 Å². The van der Waals surface area contributed by atoms with Crippen molar-refractivity contribution in [3.05, 3.63) is 179 Å². The van der Waals surface area contributed by atoms with Crippen molar-refractivity contribution in [1.82, 2.24) is 0 Å². The van der Waals surface area contributed by atoms with Crippen LogP contribution in [0.5, 0.6) is 17.2 Å². The third kappa shape index (κ3) is 4.51. The molecule has 8 rings (SSSR count). The summed E-state index contributed by atoms with van der Waals surface area (Å²) in [6.07, 6.45) is 0. The number of anilines is 1. The van der Waals surface area contributed by atoms with Crippen LogP contribution in [0.2, 0.25) is 0 Å². The Balaban J connectivity index is 1.27. The third-order valence-electron chi connectivity index (χ3n) is 9.24. The fourth-order valence-electron chi connectivity index (χ4n) is 7.11. The second-order valence-electron chi connectivity index (χ2n) is 11.9. The minimum Gasteiger partial charge on any atom is -0.508 e. The van der Waals surface area contributed by atoms with Gasteiger partial charge in [0.15, 0.2) is 0 Å². The Morgan fingerprint density at radius 1 is 0.511 bits per heavy atom. The van der Waals surface area contributed by atoms with Gasteiger partial charge in [0.05, 0.1) is 11.0 Å². The van der Waals surface area contributed by atoms with Crippen molar-refractivity contribution in [2.75, 3.05) is 5.32 Å². The Morgan fingerprint density at radius 2 is 1.06 bits per heavy atom. The number of fused-ring (bicyclic) bond motifs is 4. The Bertz CT molecular complexity index is 2280. The Kier molecular flexibility index (Phi) is 6.55. The summed E-state index contributed by atoms with van der Waals surface area (Å²) in [6, 6.07) is 47.9. The molecule has 5 nitrogen and oxygen atoms in total. The fourth-order valence-corrected chi connectivity index (χ4v) is 7.11. The highest BCUT2D eigenvalue weighted by Crippen LogP contribution is 2.57. The number of nitrogens with one attached hydrogen (secondary N) is 1. The summed E-state index contributed by atoms with van der Waals surface area (Å²) >= 11 is 0. The number of phenols is 3. The molecule has 0 atom stereocenters. The highest BCUT2D eigenvalue weighted by Gasteiger charge is 2.46. The second-order valence-corrected chi connectivity index (χ2v) is 11.9. The number of carbonyl (C=O) groups is 1. The Morgan fingerprint density at radius 3 is 1.74 bits per heavy atom. The largest absolute Gasteiger partial charge is 0.508 e. The topological polar surface area (TPSA) is 89.8 Å². The van der Waals surface area contributed by atoms with E-state index in [1.807, 2.05) is 84.9 Å². The number of benzene rings is 7. The first-order valence-corrected chi connectivity index (χ1v) is 15.4. The molecule has 0 saturated heterocycles. The molecule has 0 fully saturated rings. The van der Waals surface area contributed by atoms with E-state index in [9.17, 15) is 20.1 Å². The molecule has 5 heteroatoms. The summed E-state index contributed by atoms with van der Waals surface area (Å²) < 4.78 is 0. The zero-order chi connectivity index (χ0) is 32.1. The van der Waals surface area contributed by atoms with Crippen molar-refractivity contribution in [3.8, 4) is 39.5 Å². The van der Waals surface area contributed by atoms with E-state index in [1.54, 1.807) is 36.4 Å². The SMILES string of the molecule is O=C(Nc1ccccc1-c1ccc2c(c1)-c1ccccc1C2(c1ccc(O)cc1)c1ccc(O)cc1)c1cc2ccccc2cc1O. The van der Waals surface area contributed by atoms with Crippen molar-refractivity contribution in [2.24, 2.45) is 0 Å². The molecular formula is C42H29NO4. The van der Waals surface area contributed by atoms with Crippen LogP contribution in [-0.4, -0.2) is 21.2 Å². The molecule has 47 heavy (non-hydrogen) atoms. The lowest BCUT2D eigenvalue weighted by molar-refractivity contribution is 0.102. The molecule has 1 amide bonds. The van der Waals surface area contributed by atoms with Gasteiger partial charge in [-0.2, -0.15) is 0 Å². The van der Waals surface area contributed by atoms with E-state index >= 15 is 0 Å². The lowest BCUT2D eigenvalue weighted by Gasteiger charge is -2.34. The summed E-state index contributed by atoms with van der Waals surface area (Å²) in [6.45, 7) is 0. The second kappa shape index (κ2) is 10.9. The van der Waals surface area contributed by atoms with E-state index in [-0.39, 0.29) is 22.8 Å². The van der Waals surface area contributed by atoms with E-state index in [4.69, 9.17) is 0 Å². The predicted molar refractivity (Wildman–Crippen MR) is 186 cm³/mol. The molecule has 1 aliphatic rings. The monoisotopic (exact) mass is 611 g/mol. The van der Waals surface area contributed by atoms with Crippen LogP contribution in [0.3, 0.4) is 0 Å². The number of para-hydroxylation sites is 1. The van der Waals surface area contributed by atoms with Gasteiger partial charge >= 0.3 is 0 Å². The van der Waals surface area contributed by atoms with Crippen molar-refractivity contribution in [3.63, 3.8) is 0 Å².